The van der Waals surface area contributed by atoms with Crippen LogP contribution in [0.1, 0.15) is 63.6 Å². The van der Waals surface area contributed by atoms with Crippen LogP contribution in [0.25, 0.3) is 22.3 Å². The predicted molar refractivity (Wildman–Crippen MR) is 158 cm³/mol. The second-order valence-corrected chi connectivity index (χ2v) is 9.82. The fourth-order valence-electron chi connectivity index (χ4n) is 4.40. The van der Waals surface area contributed by atoms with Gasteiger partial charge in [-0.2, -0.15) is 9.78 Å². The van der Waals surface area contributed by atoms with E-state index >= 15 is 0 Å². The van der Waals surface area contributed by atoms with Crippen LogP contribution in [0.2, 0.25) is 0 Å². The maximum atomic E-state index is 13.8. The lowest BCUT2D eigenvalue weighted by Crippen LogP contribution is -2.21. The first-order chi connectivity index (χ1) is 18.8. The van der Waals surface area contributed by atoms with E-state index in [1.54, 1.807) is 19.4 Å². The van der Waals surface area contributed by atoms with Crippen molar-refractivity contribution in [1.82, 2.24) is 9.66 Å². The van der Waals surface area contributed by atoms with E-state index in [2.05, 4.69) is 26.8 Å². The van der Waals surface area contributed by atoms with Gasteiger partial charge >= 0.3 is 0 Å². The molecule has 0 saturated carbocycles. The number of aryl methyl sites for hydroxylation is 1. The van der Waals surface area contributed by atoms with Crippen LogP contribution in [0, 0.1) is 6.92 Å². The molecule has 0 unspecified atom stereocenters. The van der Waals surface area contributed by atoms with Crippen LogP contribution in [0.15, 0.2) is 64.5 Å². The molecule has 1 atom stereocenters. The molecule has 4 rings (SSSR count). The van der Waals surface area contributed by atoms with Gasteiger partial charge in [-0.25, -0.2) is 4.98 Å². The first kappa shape index (κ1) is 27.9. The second kappa shape index (κ2) is 12.2. The molecule has 0 aliphatic heterocycles. The maximum absolute atomic E-state index is 13.8. The zero-order valence-corrected chi connectivity index (χ0v) is 23.8. The monoisotopic (exact) mass is 527 g/mol. The van der Waals surface area contributed by atoms with E-state index in [1.165, 1.54) is 4.68 Å². The largest absolute Gasteiger partial charge is 0.494 e. The van der Waals surface area contributed by atoms with E-state index in [9.17, 15) is 4.79 Å². The van der Waals surface area contributed by atoms with Crippen LogP contribution in [0.4, 0.5) is 0 Å². The topological polar surface area (TPSA) is 74.9 Å². The van der Waals surface area contributed by atoms with Gasteiger partial charge < -0.3 is 14.2 Å². The Morgan fingerprint density at radius 2 is 1.79 bits per heavy atom. The highest BCUT2D eigenvalue weighted by molar-refractivity contribution is 5.86. The summed E-state index contributed by atoms with van der Waals surface area (Å²) in [6, 6.07) is 17.0. The van der Waals surface area contributed by atoms with Crippen molar-refractivity contribution in [2.45, 2.75) is 60.0 Å². The van der Waals surface area contributed by atoms with E-state index in [-0.39, 0.29) is 17.6 Å². The fourth-order valence-corrected chi connectivity index (χ4v) is 4.40. The molecule has 0 saturated heterocycles. The Labute approximate surface area is 230 Å². The Morgan fingerprint density at radius 1 is 1.03 bits per heavy atom. The smallest absolute Gasteiger partial charge is 0.282 e. The first-order valence-corrected chi connectivity index (χ1v) is 13.5. The van der Waals surface area contributed by atoms with Crippen molar-refractivity contribution in [2.24, 2.45) is 5.10 Å². The lowest BCUT2D eigenvalue weighted by atomic mass is 9.96. The molecule has 4 aromatic rings. The van der Waals surface area contributed by atoms with Crippen molar-refractivity contribution < 1.29 is 14.2 Å². The van der Waals surface area contributed by atoms with Crippen LogP contribution in [-0.4, -0.2) is 35.7 Å². The number of hydrogen-bond acceptors (Lipinski definition) is 6. The Bertz CT molecular complexity index is 1560. The van der Waals surface area contributed by atoms with Crippen LogP contribution in [-0.2, 0) is 0 Å². The highest BCUT2D eigenvalue weighted by Crippen LogP contribution is 2.35. The van der Waals surface area contributed by atoms with Crippen molar-refractivity contribution in [3.05, 3.63) is 81.6 Å². The van der Waals surface area contributed by atoms with Gasteiger partial charge in [-0.15, -0.1) is 0 Å². The molecule has 0 N–H and O–H groups in total. The molecule has 1 heterocycles. The molecule has 0 aliphatic carbocycles. The van der Waals surface area contributed by atoms with E-state index in [1.807, 2.05) is 63.2 Å². The number of para-hydroxylation sites is 2. The molecular formula is C32H37N3O4. The first-order valence-electron chi connectivity index (χ1n) is 13.5. The third-order valence-electron chi connectivity index (χ3n) is 6.71. The van der Waals surface area contributed by atoms with Gasteiger partial charge in [0.1, 0.15) is 5.75 Å². The van der Waals surface area contributed by atoms with Crippen LogP contribution < -0.4 is 19.8 Å². The number of fused-ring (bicyclic) bond motifs is 1. The van der Waals surface area contributed by atoms with E-state index in [0.29, 0.717) is 40.4 Å². The highest BCUT2D eigenvalue weighted by Gasteiger charge is 2.19. The minimum absolute atomic E-state index is 0.0185. The number of methoxy groups -OCH3 is 1. The number of benzene rings is 3. The van der Waals surface area contributed by atoms with Gasteiger partial charge in [-0.3, -0.25) is 4.79 Å². The van der Waals surface area contributed by atoms with Gasteiger partial charge in [0, 0.05) is 11.1 Å². The Hall–Kier alpha value is -4.13. The summed E-state index contributed by atoms with van der Waals surface area (Å²) in [5.41, 5.74) is 3.88. The van der Waals surface area contributed by atoms with Crippen LogP contribution in [0.5, 0.6) is 17.2 Å². The van der Waals surface area contributed by atoms with Gasteiger partial charge in [0.25, 0.3) is 5.56 Å². The average molecular weight is 528 g/mol. The zero-order valence-electron chi connectivity index (χ0n) is 23.8. The van der Waals surface area contributed by atoms with Gasteiger partial charge in [0.15, 0.2) is 17.3 Å². The van der Waals surface area contributed by atoms with Crippen molar-refractivity contribution in [2.75, 3.05) is 13.7 Å². The van der Waals surface area contributed by atoms with Crippen molar-refractivity contribution >= 4 is 17.1 Å². The lowest BCUT2D eigenvalue weighted by Gasteiger charge is -2.19. The third-order valence-corrected chi connectivity index (χ3v) is 6.71. The molecular weight excluding hydrogens is 490 g/mol. The quantitative estimate of drug-likeness (QED) is 0.208. The normalized spacial score (nSPS) is 12.3. The SMILES string of the molecule is CCOc1cc(C)c(-c2nc3ccccc3c(=O)n2N=Cc2cccc(OC)c2O[C@@H](C)CC)cc1C(C)C. The van der Waals surface area contributed by atoms with Crippen molar-refractivity contribution in [1.29, 1.82) is 0 Å². The van der Waals surface area contributed by atoms with Gasteiger partial charge in [-0.05, 0) is 80.6 Å². The average Bonchev–Trinajstić information content (AvgIpc) is 2.93. The summed E-state index contributed by atoms with van der Waals surface area (Å²) in [5.74, 6) is 2.71. The van der Waals surface area contributed by atoms with Gasteiger partial charge in [0.2, 0.25) is 0 Å². The fraction of sp³-hybridized carbons (Fsp3) is 0.344. The van der Waals surface area contributed by atoms with Crippen molar-refractivity contribution in [3.8, 4) is 28.6 Å². The van der Waals surface area contributed by atoms with Crippen LogP contribution >= 0.6 is 0 Å². The number of aromatic nitrogens is 2. The van der Waals surface area contributed by atoms with Crippen LogP contribution in [0.3, 0.4) is 0 Å². The number of hydrogen-bond donors (Lipinski definition) is 0. The van der Waals surface area contributed by atoms with E-state index in [4.69, 9.17) is 24.3 Å². The summed E-state index contributed by atoms with van der Waals surface area (Å²) in [7, 11) is 1.61. The molecule has 0 aliphatic rings. The Balaban J connectivity index is 1.96. The maximum Gasteiger partial charge on any atom is 0.282 e. The molecule has 3 aromatic carbocycles. The second-order valence-electron chi connectivity index (χ2n) is 9.82. The summed E-state index contributed by atoms with van der Waals surface area (Å²) in [6.45, 7) is 12.9. The molecule has 0 bridgehead atoms. The predicted octanol–water partition coefficient (Wildman–Crippen LogP) is 6.96. The Kier molecular flexibility index (Phi) is 8.69. The van der Waals surface area contributed by atoms with Crippen molar-refractivity contribution in [3.63, 3.8) is 0 Å². The zero-order chi connectivity index (χ0) is 28.1. The molecule has 0 radical (unpaired) electrons. The molecule has 0 fully saturated rings. The number of ether oxygens (including phenoxy) is 3. The third kappa shape index (κ3) is 5.82. The van der Waals surface area contributed by atoms with E-state index < -0.39 is 0 Å². The standard InChI is InChI=1S/C32H37N3O4/c1-8-22(6)39-30-23(13-12-16-28(30)37-7)19-33-35-31(34-27-15-11-10-14-24(27)32(35)36)26-18-25(20(3)4)29(38-9-2)17-21(26)5/h10-20,22H,8-9H2,1-7H3/t22-/m0/s1. The molecule has 204 valence electrons. The minimum Gasteiger partial charge on any atom is -0.494 e. The summed E-state index contributed by atoms with van der Waals surface area (Å²) in [4.78, 5) is 18.7. The molecule has 0 spiro atoms. The van der Waals surface area contributed by atoms with Gasteiger partial charge in [0.05, 0.1) is 36.9 Å². The molecule has 7 heteroatoms. The van der Waals surface area contributed by atoms with E-state index in [0.717, 1.165) is 28.9 Å². The highest BCUT2D eigenvalue weighted by atomic mass is 16.5. The summed E-state index contributed by atoms with van der Waals surface area (Å²) in [6.07, 6.45) is 2.45. The van der Waals surface area contributed by atoms with Gasteiger partial charge in [-0.1, -0.05) is 39.0 Å². The molecule has 0 amide bonds. The summed E-state index contributed by atoms with van der Waals surface area (Å²) < 4.78 is 19.1. The molecule has 1 aromatic heterocycles. The summed E-state index contributed by atoms with van der Waals surface area (Å²) >= 11 is 0. The molecule has 7 nitrogen and oxygen atoms in total. The minimum atomic E-state index is -0.251. The summed E-state index contributed by atoms with van der Waals surface area (Å²) in [5, 5.41) is 5.19. The molecule has 39 heavy (non-hydrogen) atoms. The lowest BCUT2D eigenvalue weighted by molar-refractivity contribution is 0.207. The Morgan fingerprint density at radius 3 is 2.49 bits per heavy atom. The number of nitrogens with zero attached hydrogens (tertiary/aromatic N) is 3. The number of rotatable bonds is 10.